The van der Waals surface area contributed by atoms with Crippen molar-refractivity contribution in [3.8, 4) is 6.07 Å². The van der Waals surface area contributed by atoms with E-state index in [0.717, 1.165) is 55.7 Å². The van der Waals surface area contributed by atoms with Crippen LogP contribution in [-0.2, 0) is 16.0 Å². The largest absolute Gasteiger partial charge is 0.378 e. The fourth-order valence-electron chi connectivity index (χ4n) is 8.90. The lowest BCUT2D eigenvalue weighted by molar-refractivity contribution is -0.132. The predicted octanol–water partition coefficient (Wildman–Crippen LogP) is 6.74. The average Bonchev–Trinajstić information content (AvgIpc) is 3.48. The first-order valence-corrected chi connectivity index (χ1v) is 19.5. The minimum absolute atomic E-state index is 0.00800. The number of hydrogen-bond donors (Lipinski definition) is 1. The lowest BCUT2D eigenvalue weighted by Gasteiger charge is -2.41. The van der Waals surface area contributed by atoms with Crippen LogP contribution < -0.4 is 10.5 Å². The highest BCUT2D eigenvalue weighted by molar-refractivity contribution is 5.98. The molecule has 1 aromatic heterocycles. The Morgan fingerprint density at radius 3 is 2.27 bits per heavy atom. The minimum atomic E-state index is -0.592. The van der Waals surface area contributed by atoms with Gasteiger partial charge in [-0.2, -0.15) is 10.4 Å². The minimum Gasteiger partial charge on any atom is -0.378 e. The summed E-state index contributed by atoms with van der Waals surface area (Å²) in [5, 5.41) is 19.8. The number of piperidine rings is 1. The third-order valence-electron chi connectivity index (χ3n) is 11.7. The smallest absolute Gasteiger partial charge is 0.272 e. The van der Waals surface area contributed by atoms with Gasteiger partial charge in [0.25, 0.3) is 11.5 Å². The summed E-state index contributed by atoms with van der Waals surface area (Å²) in [6.45, 7) is 2.21. The van der Waals surface area contributed by atoms with Gasteiger partial charge in [0, 0.05) is 79.6 Å². The molecule has 282 valence electrons. The molecule has 5 aromatic rings. The Morgan fingerprint density at radius 2 is 1.53 bits per heavy atom. The van der Waals surface area contributed by atoms with Gasteiger partial charge in [-0.3, -0.25) is 14.4 Å². The summed E-state index contributed by atoms with van der Waals surface area (Å²) in [7, 11) is 0. The Kier molecular flexibility index (Phi) is 10.6. The topological polar surface area (TPSA) is 123 Å². The van der Waals surface area contributed by atoms with E-state index in [0.29, 0.717) is 85.3 Å². The Hall–Kier alpha value is -5.60. The van der Waals surface area contributed by atoms with Crippen LogP contribution in [-0.4, -0.2) is 82.8 Å². The van der Waals surface area contributed by atoms with Gasteiger partial charge in [-0.1, -0.05) is 55.0 Å². The average molecular weight is 741 g/mol. The lowest BCUT2D eigenvalue weighted by Crippen LogP contribution is -2.50. The van der Waals surface area contributed by atoms with Crippen molar-refractivity contribution < 1.29 is 18.7 Å². The van der Waals surface area contributed by atoms with Gasteiger partial charge in [0.1, 0.15) is 5.82 Å². The second-order valence-corrected chi connectivity index (χ2v) is 15.1. The second kappa shape index (κ2) is 16.0. The molecule has 11 heteroatoms. The first-order chi connectivity index (χ1) is 26.9. The van der Waals surface area contributed by atoms with Gasteiger partial charge in [-0.25, -0.2) is 9.49 Å². The number of carbonyl (C=O) groups excluding carboxylic acids is 2. The molecular formula is C44H45FN6O4. The number of H-pyrrole nitrogens is 1. The van der Waals surface area contributed by atoms with Crippen LogP contribution in [0.2, 0.25) is 0 Å². The molecular weight excluding hydrogens is 696 g/mol. The number of aromatic amines is 1. The van der Waals surface area contributed by atoms with Crippen molar-refractivity contribution in [2.75, 3.05) is 37.7 Å². The Bertz CT molecular complexity index is 2320. The number of carbonyl (C=O) groups is 2. The van der Waals surface area contributed by atoms with Crippen LogP contribution in [0.4, 0.5) is 10.1 Å². The third kappa shape index (κ3) is 7.56. The molecule has 3 saturated heterocycles. The molecule has 0 radical (unpaired) electrons. The number of nitrogens with one attached hydrogen (secondary N) is 1. The van der Waals surface area contributed by atoms with E-state index in [1.54, 1.807) is 34.1 Å². The number of hydrogen-bond acceptors (Lipinski definition) is 7. The molecule has 0 aliphatic carbocycles. The summed E-state index contributed by atoms with van der Waals surface area (Å²) >= 11 is 0. The first kappa shape index (κ1) is 36.4. The molecule has 3 fully saturated rings. The van der Waals surface area contributed by atoms with Gasteiger partial charge in [0.05, 0.1) is 34.4 Å². The Labute approximate surface area is 319 Å². The molecule has 2 atom stereocenters. The van der Waals surface area contributed by atoms with E-state index in [1.165, 1.54) is 11.8 Å². The summed E-state index contributed by atoms with van der Waals surface area (Å²) < 4.78 is 21.3. The maximum absolute atomic E-state index is 14.9. The number of unbranched alkanes of at least 4 members (excludes halogenated alkanes) is 2. The number of nitrogens with zero attached hydrogens (tertiary/aromatic N) is 5. The van der Waals surface area contributed by atoms with Gasteiger partial charge in [0.2, 0.25) is 5.91 Å². The Balaban J connectivity index is 0.761. The summed E-state index contributed by atoms with van der Waals surface area (Å²) in [5.41, 5.74) is 3.00. The van der Waals surface area contributed by atoms with Crippen molar-refractivity contribution in [2.45, 2.75) is 76.0 Å². The van der Waals surface area contributed by atoms with E-state index in [9.17, 15) is 24.0 Å². The van der Waals surface area contributed by atoms with E-state index < -0.39 is 11.7 Å². The fourth-order valence-corrected chi connectivity index (χ4v) is 8.90. The van der Waals surface area contributed by atoms with Gasteiger partial charge in [0.15, 0.2) is 0 Å². The number of nitriles is 1. The van der Waals surface area contributed by atoms with E-state index >= 15 is 0 Å². The van der Waals surface area contributed by atoms with Crippen molar-refractivity contribution in [2.24, 2.45) is 0 Å². The number of benzene rings is 4. The number of aromatic nitrogens is 2. The van der Waals surface area contributed by atoms with Crippen LogP contribution >= 0.6 is 0 Å². The van der Waals surface area contributed by atoms with Crippen LogP contribution in [0.15, 0.2) is 83.7 Å². The molecule has 2 amide bonds. The fraction of sp³-hybridized carbons (Fsp3) is 0.386. The quantitative estimate of drug-likeness (QED) is 0.149. The second-order valence-electron chi connectivity index (χ2n) is 15.1. The van der Waals surface area contributed by atoms with Crippen molar-refractivity contribution in [1.29, 1.82) is 5.26 Å². The number of halogens is 1. The maximum Gasteiger partial charge on any atom is 0.272 e. The van der Waals surface area contributed by atoms with Gasteiger partial charge < -0.3 is 19.4 Å². The standard InChI is InChI=1S/C44H45FN6O4/c45-39-17-13-29(25-40-35-9-4-6-11-37(35)43(53)48-47-40)24-38(39)44(54)50-21-19-49(20-22-50)42(52)12-2-1-7-23-55-33-26-31-15-16-32(27-33)51(31)41-18-14-30(28-46)34-8-3-5-10-36(34)41/h3-6,8-11,13-14,17-18,24,31-33H,1-2,7,12,15-16,19-23,25-27H2,(H,48,53). The first-order valence-electron chi connectivity index (χ1n) is 19.5. The van der Waals surface area contributed by atoms with Crippen molar-refractivity contribution in [3.05, 3.63) is 117 Å². The summed E-state index contributed by atoms with van der Waals surface area (Å²) in [6, 6.07) is 27.2. The molecule has 8 rings (SSSR count). The summed E-state index contributed by atoms with van der Waals surface area (Å²) in [6.07, 6.45) is 7.94. The van der Waals surface area contributed by atoms with Crippen LogP contribution in [0.3, 0.4) is 0 Å². The maximum atomic E-state index is 14.9. The number of rotatable bonds is 11. The Morgan fingerprint density at radius 1 is 0.836 bits per heavy atom. The molecule has 2 bridgehead atoms. The van der Waals surface area contributed by atoms with Crippen LogP contribution in [0.5, 0.6) is 0 Å². The number of fused-ring (bicyclic) bond motifs is 4. The highest BCUT2D eigenvalue weighted by atomic mass is 19.1. The molecule has 2 unspecified atom stereocenters. The van der Waals surface area contributed by atoms with E-state index in [-0.39, 0.29) is 23.1 Å². The highest BCUT2D eigenvalue weighted by Crippen LogP contribution is 2.43. The van der Waals surface area contributed by atoms with Crippen LogP contribution in [0.25, 0.3) is 21.5 Å². The third-order valence-corrected chi connectivity index (χ3v) is 11.7. The zero-order chi connectivity index (χ0) is 37.9. The van der Waals surface area contributed by atoms with Crippen LogP contribution in [0.1, 0.15) is 78.5 Å². The molecule has 0 spiro atoms. The SMILES string of the molecule is N#Cc1ccc(N2C3CCC2CC(OCCCCCC(=O)N2CCN(C(=O)c4cc(Cc5n[nH]c(=O)c6ccccc56)ccc4F)CC2)C3)c2ccccc12. The summed E-state index contributed by atoms with van der Waals surface area (Å²) in [5.74, 6) is -0.904. The summed E-state index contributed by atoms with van der Waals surface area (Å²) in [4.78, 5) is 44.7. The molecule has 1 N–H and O–H groups in total. The number of piperazine rings is 1. The van der Waals surface area contributed by atoms with Crippen molar-refractivity contribution in [1.82, 2.24) is 20.0 Å². The van der Waals surface area contributed by atoms with Gasteiger partial charge >= 0.3 is 0 Å². The zero-order valence-electron chi connectivity index (χ0n) is 30.9. The van der Waals surface area contributed by atoms with Gasteiger partial charge in [-0.05, 0) is 74.4 Å². The monoisotopic (exact) mass is 740 g/mol. The van der Waals surface area contributed by atoms with Gasteiger partial charge in [-0.15, -0.1) is 0 Å². The molecule has 55 heavy (non-hydrogen) atoms. The van der Waals surface area contributed by atoms with E-state index in [2.05, 4.69) is 33.3 Å². The molecule has 3 aliphatic rings. The number of anilines is 1. The number of amides is 2. The van der Waals surface area contributed by atoms with Crippen molar-refractivity contribution >= 4 is 39.0 Å². The highest BCUT2D eigenvalue weighted by Gasteiger charge is 2.41. The molecule has 4 heterocycles. The zero-order valence-corrected chi connectivity index (χ0v) is 30.9. The molecule has 4 aromatic carbocycles. The van der Waals surface area contributed by atoms with Crippen molar-refractivity contribution in [3.63, 3.8) is 0 Å². The normalized spacial score (nSPS) is 19.6. The predicted molar refractivity (Wildman–Crippen MR) is 209 cm³/mol. The van der Waals surface area contributed by atoms with E-state index in [1.807, 2.05) is 36.4 Å². The van der Waals surface area contributed by atoms with E-state index in [4.69, 9.17) is 4.74 Å². The molecule has 0 saturated carbocycles. The number of ether oxygens (including phenoxy) is 1. The van der Waals surface area contributed by atoms with Crippen LogP contribution in [0, 0.1) is 17.1 Å². The lowest BCUT2D eigenvalue weighted by atomic mass is 9.96. The molecule has 10 nitrogen and oxygen atoms in total. The molecule has 3 aliphatic heterocycles.